The van der Waals surface area contributed by atoms with Crippen molar-refractivity contribution in [2.24, 2.45) is 0 Å². The topological polar surface area (TPSA) is 79.6 Å². The van der Waals surface area contributed by atoms with Gasteiger partial charge in [0.25, 0.3) is 17.7 Å². The van der Waals surface area contributed by atoms with Crippen molar-refractivity contribution < 1.29 is 18.8 Å². The fourth-order valence-electron chi connectivity index (χ4n) is 3.27. The summed E-state index contributed by atoms with van der Waals surface area (Å²) in [6, 6.07) is 14.8. The Morgan fingerprint density at radius 1 is 1.07 bits per heavy atom. The van der Waals surface area contributed by atoms with Gasteiger partial charge in [0.05, 0.1) is 30.0 Å². The highest BCUT2D eigenvalue weighted by Crippen LogP contribution is 2.26. The smallest absolute Gasteiger partial charge is 0.261 e. The lowest BCUT2D eigenvalue weighted by atomic mass is 10.0. The maximum Gasteiger partial charge on any atom is 0.261 e. The number of halogens is 1. The molecule has 0 saturated heterocycles. The summed E-state index contributed by atoms with van der Waals surface area (Å²) in [6.45, 7) is 1.89. The maximum atomic E-state index is 12.7. The first-order valence-electron chi connectivity index (χ1n) is 9.03. The van der Waals surface area contributed by atoms with E-state index >= 15 is 0 Å². The molecule has 3 amide bonds. The zero-order valence-corrected chi connectivity index (χ0v) is 16.3. The molecule has 0 fully saturated rings. The van der Waals surface area contributed by atoms with Gasteiger partial charge in [0.2, 0.25) is 0 Å². The molecule has 0 saturated carbocycles. The summed E-state index contributed by atoms with van der Waals surface area (Å²) in [5, 5.41) is 3.47. The molecule has 3 aromatic rings. The fraction of sp³-hybridized carbons (Fsp3) is 0.136. The van der Waals surface area contributed by atoms with Crippen molar-refractivity contribution in [2.75, 3.05) is 0 Å². The van der Waals surface area contributed by atoms with Gasteiger partial charge >= 0.3 is 0 Å². The lowest BCUT2D eigenvalue weighted by Crippen LogP contribution is -2.29. The van der Waals surface area contributed by atoms with Crippen molar-refractivity contribution in [3.05, 3.63) is 93.9 Å². The summed E-state index contributed by atoms with van der Waals surface area (Å²) >= 11 is 6.01. The van der Waals surface area contributed by atoms with Crippen LogP contribution in [0.3, 0.4) is 0 Å². The Morgan fingerprint density at radius 3 is 2.59 bits per heavy atom. The second kappa shape index (κ2) is 7.56. The van der Waals surface area contributed by atoms with Gasteiger partial charge in [-0.25, -0.2) is 0 Å². The highest BCUT2D eigenvalue weighted by molar-refractivity contribution is 6.30. The van der Waals surface area contributed by atoms with E-state index in [1.807, 2.05) is 19.1 Å². The minimum Gasteiger partial charge on any atom is -0.467 e. The van der Waals surface area contributed by atoms with Gasteiger partial charge in [0.1, 0.15) is 5.76 Å². The molecule has 29 heavy (non-hydrogen) atoms. The predicted octanol–water partition coefficient (Wildman–Crippen LogP) is 4.22. The molecule has 0 radical (unpaired) electrons. The van der Waals surface area contributed by atoms with Crippen molar-refractivity contribution in [3.63, 3.8) is 0 Å². The van der Waals surface area contributed by atoms with E-state index in [1.165, 1.54) is 18.4 Å². The fourth-order valence-corrected chi connectivity index (χ4v) is 3.47. The average molecular weight is 409 g/mol. The molecular weight excluding hydrogens is 392 g/mol. The molecule has 1 N–H and O–H groups in total. The molecule has 1 aliphatic heterocycles. The molecule has 0 bridgehead atoms. The van der Waals surface area contributed by atoms with Crippen LogP contribution in [-0.4, -0.2) is 22.6 Å². The van der Waals surface area contributed by atoms with E-state index in [4.69, 9.17) is 16.0 Å². The Morgan fingerprint density at radius 2 is 1.86 bits per heavy atom. The second-order valence-corrected chi connectivity index (χ2v) is 7.22. The first-order chi connectivity index (χ1) is 13.9. The molecule has 1 atom stereocenters. The number of nitrogens with zero attached hydrogens (tertiary/aromatic N) is 1. The molecule has 0 aliphatic carbocycles. The van der Waals surface area contributed by atoms with Gasteiger partial charge in [-0.05, 0) is 55.0 Å². The third-order valence-electron chi connectivity index (χ3n) is 4.82. The lowest BCUT2D eigenvalue weighted by molar-refractivity contribution is 0.0631. The Labute approximate surface area is 172 Å². The summed E-state index contributed by atoms with van der Waals surface area (Å²) in [5.41, 5.74) is 1.66. The molecule has 2 heterocycles. The number of nitrogens with one attached hydrogen (secondary N) is 1. The van der Waals surface area contributed by atoms with Gasteiger partial charge < -0.3 is 9.73 Å². The Kier molecular flexibility index (Phi) is 4.94. The van der Waals surface area contributed by atoms with Crippen LogP contribution in [0.4, 0.5) is 0 Å². The summed E-state index contributed by atoms with van der Waals surface area (Å²) in [5.74, 6) is -0.683. The minimum atomic E-state index is -0.445. The monoisotopic (exact) mass is 408 g/mol. The SMILES string of the molecule is CC(NC(=O)c1ccc2c(c1)C(=O)N(Cc1ccco1)C2=O)c1cccc(Cl)c1. The predicted molar refractivity (Wildman–Crippen MR) is 107 cm³/mol. The third kappa shape index (κ3) is 3.67. The highest BCUT2D eigenvalue weighted by Gasteiger charge is 2.36. The Hall–Kier alpha value is -3.38. The van der Waals surface area contributed by atoms with Gasteiger partial charge in [-0.2, -0.15) is 0 Å². The van der Waals surface area contributed by atoms with E-state index in [0.29, 0.717) is 16.3 Å². The number of carbonyl (C=O) groups is 3. The van der Waals surface area contributed by atoms with Crippen LogP contribution in [0.1, 0.15) is 55.4 Å². The van der Waals surface area contributed by atoms with Crippen molar-refractivity contribution >= 4 is 29.3 Å². The number of hydrogen-bond donors (Lipinski definition) is 1. The first-order valence-corrected chi connectivity index (χ1v) is 9.41. The molecule has 0 spiro atoms. The van der Waals surface area contributed by atoms with Gasteiger partial charge in [-0.1, -0.05) is 23.7 Å². The minimum absolute atomic E-state index is 0.0483. The van der Waals surface area contributed by atoms with Crippen molar-refractivity contribution in [1.82, 2.24) is 10.2 Å². The van der Waals surface area contributed by atoms with Gasteiger partial charge in [-0.3, -0.25) is 19.3 Å². The van der Waals surface area contributed by atoms with E-state index in [1.54, 1.807) is 30.3 Å². The van der Waals surface area contributed by atoms with Gasteiger partial charge in [0.15, 0.2) is 0 Å². The Balaban J connectivity index is 1.53. The second-order valence-electron chi connectivity index (χ2n) is 6.79. The summed E-state index contributed by atoms with van der Waals surface area (Å²) < 4.78 is 5.23. The van der Waals surface area contributed by atoms with Crippen LogP contribution in [0.25, 0.3) is 0 Å². The maximum absolute atomic E-state index is 12.7. The van der Waals surface area contributed by atoms with Crippen LogP contribution in [0, 0.1) is 0 Å². The van der Waals surface area contributed by atoms with Gasteiger partial charge in [0, 0.05) is 10.6 Å². The zero-order valence-electron chi connectivity index (χ0n) is 15.5. The number of fused-ring (bicyclic) bond motifs is 1. The van der Waals surface area contributed by atoms with E-state index in [-0.39, 0.29) is 29.6 Å². The number of amides is 3. The summed E-state index contributed by atoms with van der Waals surface area (Å²) in [4.78, 5) is 39.0. The zero-order chi connectivity index (χ0) is 20.5. The number of furan rings is 1. The lowest BCUT2D eigenvalue weighted by Gasteiger charge is -2.15. The normalized spacial score (nSPS) is 14.1. The quantitative estimate of drug-likeness (QED) is 0.641. The number of imide groups is 1. The van der Waals surface area contributed by atoms with Crippen LogP contribution >= 0.6 is 11.6 Å². The van der Waals surface area contributed by atoms with Crippen molar-refractivity contribution in [2.45, 2.75) is 19.5 Å². The van der Waals surface area contributed by atoms with Crippen molar-refractivity contribution in [1.29, 1.82) is 0 Å². The highest BCUT2D eigenvalue weighted by atomic mass is 35.5. The molecule has 6 nitrogen and oxygen atoms in total. The molecule has 1 aromatic heterocycles. The van der Waals surface area contributed by atoms with E-state index in [0.717, 1.165) is 10.5 Å². The van der Waals surface area contributed by atoms with E-state index in [9.17, 15) is 14.4 Å². The number of carbonyl (C=O) groups excluding carboxylic acids is 3. The largest absolute Gasteiger partial charge is 0.467 e. The van der Waals surface area contributed by atoms with Crippen LogP contribution in [0.15, 0.2) is 65.3 Å². The Bertz CT molecular complexity index is 1110. The summed E-state index contributed by atoms with van der Waals surface area (Å²) in [7, 11) is 0. The van der Waals surface area contributed by atoms with Gasteiger partial charge in [-0.15, -0.1) is 0 Å². The molecule has 1 aliphatic rings. The molecule has 1 unspecified atom stereocenters. The molecule has 2 aromatic carbocycles. The van der Waals surface area contributed by atoms with Crippen LogP contribution in [0.5, 0.6) is 0 Å². The van der Waals surface area contributed by atoms with E-state index < -0.39 is 11.8 Å². The third-order valence-corrected chi connectivity index (χ3v) is 5.06. The number of rotatable bonds is 5. The van der Waals surface area contributed by atoms with Crippen LogP contribution < -0.4 is 5.32 Å². The average Bonchev–Trinajstić information content (AvgIpc) is 3.31. The van der Waals surface area contributed by atoms with Crippen LogP contribution in [0.2, 0.25) is 5.02 Å². The van der Waals surface area contributed by atoms with Crippen LogP contribution in [-0.2, 0) is 6.54 Å². The molecule has 4 rings (SSSR count). The molecular formula is C22H17ClN2O4. The first kappa shape index (κ1) is 19.0. The number of benzene rings is 2. The van der Waals surface area contributed by atoms with E-state index in [2.05, 4.69) is 5.32 Å². The van der Waals surface area contributed by atoms with Crippen molar-refractivity contribution in [3.8, 4) is 0 Å². The summed E-state index contributed by atoms with van der Waals surface area (Å²) in [6.07, 6.45) is 1.48. The standard InChI is InChI=1S/C22H17ClN2O4/c1-13(14-4-2-5-16(23)10-14)24-20(26)15-7-8-18-19(11-15)22(28)25(21(18)27)12-17-6-3-9-29-17/h2-11,13H,12H2,1H3,(H,24,26). The number of hydrogen-bond acceptors (Lipinski definition) is 4. The molecule has 146 valence electrons. The molecule has 7 heteroatoms.